The Balaban J connectivity index is 1.17. The van der Waals surface area contributed by atoms with Crippen LogP contribution in [-0.4, -0.2) is 9.55 Å². The van der Waals surface area contributed by atoms with Crippen LogP contribution < -0.4 is 0 Å². The van der Waals surface area contributed by atoms with E-state index in [0.717, 1.165) is 28.1 Å². The largest absolute Gasteiger partial charge is 0.292 e. The smallest absolute Gasteiger partial charge is 0.145 e. The van der Waals surface area contributed by atoms with Gasteiger partial charge in [-0.25, -0.2) is 4.98 Å². The van der Waals surface area contributed by atoms with Crippen molar-refractivity contribution in [3.05, 3.63) is 182 Å². The van der Waals surface area contributed by atoms with Gasteiger partial charge in [0.25, 0.3) is 0 Å². The molecule has 9 aromatic carbocycles. The van der Waals surface area contributed by atoms with Gasteiger partial charge >= 0.3 is 0 Å². The molecule has 0 aliphatic carbocycles. The lowest BCUT2D eigenvalue weighted by molar-refractivity contribution is 1.11. The Morgan fingerprint density at radius 2 is 0.918 bits per heavy atom. The van der Waals surface area contributed by atoms with Crippen LogP contribution in [-0.2, 0) is 0 Å². The fourth-order valence-corrected chi connectivity index (χ4v) is 7.76. The van der Waals surface area contributed by atoms with Gasteiger partial charge in [-0.05, 0) is 89.6 Å². The molecule has 1 heterocycles. The van der Waals surface area contributed by atoms with Crippen LogP contribution in [0, 0.1) is 0 Å². The van der Waals surface area contributed by atoms with Crippen molar-refractivity contribution in [3.8, 4) is 39.3 Å². The van der Waals surface area contributed by atoms with Crippen molar-refractivity contribution in [1.82, 2.24) is 9.55 Å². The summed E-state index contributed by atoms with van der Waals surface area (Å²) in [6, 6.07) is 65.7. The standard InChI is InChI=1S/C47H30N2/c1-2-14-35-30-36(29-28-31(35)12-1)49-44-23-10-9-22-43(44)48-47(49)34-26-24-33(25-27-34)45-39-17-5-7-19-41(39)46(42-20-8-6-18-40(42)45)38-21-11-15-32-13-3-4-16-37(32)38/h1-30H. The topological polar surface area (TPSA) is 17.8 Å². The summed E-state index contributed by atoms with van der Waals surface area (Å²) >= 11 is 0. The Bertz CT molecular complexity index is 2810. The zero-order valence-corrected chi connectivity index (χ0v) is 26.7. The highest BCUT2D eigenvalue weighted by atomic mass is 15.1. The number of benzene rings is 9. The van der Waals surface area contributed by atoms with Crippen molar-refractivity contribution < 1.29 is 0 Å². The second-order valence-corrected chi connectivity index (χ2v) is 12.7. The maximum absolute atomic E-state index is 5.17. The van der Waals surface area contributed by atoms with Crippen molar-refractivity contribution in [2.45, 2.75) is 0 Å². The first-order valence-electron chi connectivity index (χ1n) is 16.8. The molecule has 228 valence electrons. The van der Waals surface area contributed by atoms with Crippen LogP contribution in [0.1, 0.15) is 0 Å². The number of hydrogen-bond acceptors (Lipinski definition) is 1. The second-order valence-electron chi connectivity index (χ2n) is 12.7. The molecule has 10 rings (SSSR count). The molecule has 0 N–H and O–H groups in total. The van der Waals surface area contributed by atoms with Crippen LogP contribution in [0.3, 0.4) is 0 Å². The lowest BCUT2D eigenvalue weighted by Gasteiger charge is -2.19. The predicted molar refractivity (Wildman–Crippen MR) is 207 cm³/mol. The Kier molecular flexibility index (Phi) is 6.22. The van der Waals surface area contributed by atoms with E-state index in [-0.39, 0.29) is 0 Å². The number of hydrogen-bond donors (Lipinski definition) is 0. The van der Waals surface area contributed by atoms with E-state index in [1.54, 1.807) is 0 Å². The van der Waals surface area contributed by atoms with Gasteiger partial charge in [0.15, 0.2) is 0 Å². The first-order valence-corrected chi connectivity index (χ1v) is 16.8. The zero-order valence-electron chi connectivity index (χ0n) is 26.7. The van der Waals surface area contributed by atoms with E-state index in [0.29, 0.717) is 0 Å². The molecular weight excluding hydrogens is 593 g/mol. The van der Waals surface area contributed by atoms with Crippen LogP contribution in [0.4, 0.5) is 0 Å². The van der Waals surface area contributed by atoms with Crippen LogP contribution in [0.2, 0.25) is 0 Å². The average Bonchev–Trinajstić information content (AvgIpc) is 3.56. The van der Waals surface area contributed by atoms with Crippen molar-refractivity contribution in [3.63, 3.8) is 0 Å². The van der Waals surface area contributed by atoms with Crippen molar-refractivity contribution in [2.75, 3.05) is 0 Å². The summed E-state index contributed by atoms with van der Waals surface area (Å²) in [7, 11) is 0. The molecule has 0 saturated carbocycles. The Morgan fingerprint density at radius 3 is 1.65 bits per heavy atom. The highest BCUT2D eigenvalue weighted by molar-refractivity contribution is 6.23. The average molecular weight is 623 g/mol. The Hall–Kier alpha value is -6.51. The monoisotopic (exact) mass is 622 g/mol. The van der Waals surface area contributed by atoms with Gasteiger partial charge in [0.05, 0.1) is 11.0 Å². The van der Waals surface area contributed by atoms with E-state index in [4.69, 9.17) is 4.98 Å². The molecule has 0 spiro atoms. The third-order valence-corrected chi connectivity index (χ3v) is 9.97. The SMILES string of the molecule is c1ccc2cc(-n3c(-c4ccc(-c5c6ccccc6c(-c6cccc7ccccc67)c6ccccc56)cc4)nc4ccccc43)ccc2c1. The van der Waals surface area contributed by atoms with Crippen molar-refractivity contribution >= 4 is 54.1 Å². The Labute approximate surface area is 284 Å². The van der Waals surface area contributed by atoms with E-state index >= 15 is 0 Å². The van der Waals surface area contributed by atoms with E-state index in [9.17, 15) is 0 Å². The van der Waals surface area contributed by atoms with Gasteiger partial charge in [0.2, 0.25) is 0 Å². The summed E-state index contributed by atoms with van der Waals surface area (Å²) in [6.45, 7) is 0. The quantitative estimate of drug-likeness (QED) is 0.179. The molecule has 0 unspecified atom stereocenters. The summed E-state index contributed by atoms with van der Waals surface area (Å²) < 4.78 is 2.29. The lowest BCUT2D eigenvalue weighted by Crippen LogP contribution is -1.98. The first-order chi connectivity index (χ1) is 24.3. The molecule has 0 atom stereocenters. The number of nitrogens with zero attached hydrogens (tertiary/aromatic N) is 2. The summed E-state index contributed by atoms with van der Waals surface area (Å²) in [4.78, 5) is 5.17. The van der Waals surface area contributed by atoms with Gasteiger partial charge in [0, 0.05) is 11.3 Å². The molecule has 0 saturated heterocycles. The molecule has 0 aliphatic heterocycles. The molecule has 0 fully saturated rings. The van der Waals surface area contributed by atoms with Crippen LogP contribution in [0.25, 0.3) is 93.5 Å². The van der Waals surface area contributed by atoms with E-state index in [1.165, 1.54) is 65.3 Å². The van der Waals surface area contributed by atoms with Gasteiger partial charge in [-0.15, -0.1) is 0 Å². The summed E-state index contributed by atoms with van der Waals surface area (Å²) in [5, 5.41) is 9.98. The van der Waals surface area contributed by atoms with E-state index < -0.39 is 0 Å². The van der Waals surface area contributed by atoms with Gasteiger partial charge in [-0.2, -0.15) is 0 Å². The van der Waals surface area contributed by atoms with Crippen LogP contribution in [0.15, 0.2) is 182 Å². The molecule has 10 aromatic rings. The molecule has 0 aliphatic rings. The molecule has 2 heteroatoms. The lowest BCUT2D eigenvalue weighted by atomic mass is 9.84. The highest BCUT2D eigenvalue weighted by Crippen LogP contribution is 2.45. The van der Waals surface area contributed by atoms with E-state index in [2.05, 4.69) is 187 Å². The molecule has 1 aromatic heterocycles. The van der Waals surface area contributed by atoms with Crippen LogP contribution in [0.5, 0.6) is 0 Å². The minimum absolute atomic E-state index is 0.934. The Morgan fingerprint density at radius 1 is 0.367 bits per heavy atom. The highest BCUT2D eigenvalue weighted by Gasteiger charge is 2.19. The molecule has 0 bridgehead atoms. The fourth-order valence-electron chi connectivity index (χ4n) is 7.76. The number of fused-ring (bicyclic) bond motifs is 5. The minimum atomic E-state index is 0.934. The molecule has 0 radical (unpaired) electrons. The van der Waals surface area contributed by atoms with Gasteiger partial charge < -0.3 is 0 Å². The van der Waals surface area contributed by atoms with Crippen molar-refractivity contribution in [2.24, 2.45) is 0 Å². The summed E-state index contributed by atoms with van der Waals surface area (Å²) in [5.41, 5.74) is 9.25. The van der Waals surface area contributed by atoms with Crippen molar-refractivity contribution in [1.29, 1.82) is 0 Å². The normalized spacial score (nSPS) is 11.7. The molecule has 0 amide bonds. The van der Waals surface area contributed by atoms with Gasteiger partial charge in [0.1, 0.15) is 5.82 Å². The number of rotatable bonds is 4. The maximum atomic E-state index is 5.17. The third kappa shape index (κ3) is 4.38. The van der Waals surface area contributed by atoms with Crippen LogP contribution >= 0.6 is 0 Å². The molecule has 2 nitrogen and oxygen atoms in total. The van der Waals surface area contributed by atoms with Gasteiger partial charge in [-0.3, -0.25) is 4.57 Å². The summed E-state index contributed by atoms with van der Waals surface area (Å²) in [6.07, 6.45) is 0. The second kappa shape index (κ2) is 11.0. The zero-order chi connectivity index (χ0) is 32.3. The third-order valence-electron chi connectivity index (χ3n) is 9.97. The number of imidazole rings is 1. The predicted octanol–water partition coefficient (Wildman–Crippen LogP) is 12.6. The maximum Gasteiger partial charge on any atom is 0.145 e. The number of aromatic nitrogens is 2. The molecule has 49 heavy (non-hydrogen) atoms. The number of para-hydroxylation sites is 2. The molecular formula is C47H30N2. The van der Waals surface area contributed by atoms with Gasteiger partial charge in [-0.1, -0.05) is 158 Å². The minimum Gasteiger partial charge on any atom is -0.292 e. The summed E-state index contributed by atoms with van der Waals surface area (Å²) in [5.74, 6) is 0.934. The fraction of sp³-hybridized carbons (Fsp3) is 0. The van der Waals surface area contributed by atoms with E-state index in [1.807, 2.05) is 0 Å². The first kappa shape index (κ1) is 27.6.